The van der Waals surface area contributed by atoms with E-state index in [0.717, 1.165) is 27.5 Å². The normalized spacial score (nSPS) is 10.8. The SMILES string of the molecule is CNc1nc(NCc2cc(C)on2)c2ccsc2n1. The Kier molecular flexibility index (Phi) is 3.04. The second kappa shape index (κ2) is 4.85. The molecule has 0 radical (unpaired) electrons. The molecule has 3 rings (SSSR count). The zero-order valence-electron chi connectivity index (χ0n) is 10.6. The molecule has 3 heterocycles. The highest BCUT2D eigenvalue weighted by Gasteiger charge is 2.09. The van der Waals surface area contributed by atoms with Gasteiger partial charge in [-0.15, -0.1) is 11.3 Å². The second-order valence-corrected chi connectivity index (χ2v) is 4.96. The van der Waals surface area contributed by atoms with Crippen LogP contribution in [0.4, 0.5) is 11.8 Å². The molecule has 98 valence electrons. The van der Waals surface area contributed by atoms with Crippen LogP contribution in [0.2, 0.25) is 0 Å². The number of hydrogen-bond acceptors (Lipinski definition) is 7. The van der Waals surface area contributed by atoms with Crippen molar-refractivity contribution >= 4 is 33.3 Å². The smallest absolute Gasteiger partial charge is 0.225 e. The van der Waals surface area contributed by atoms with Gasteiger partial charge in [0.25, 0.3) is 0 Å². The predicted octanol–water partition coefficient (Wildman–Crippen LogP) is 2.64. The van der Waals surface area contributed by atoms with Crippen LogP contribution in [0.5, 0.6) is 0 Å². The fourth-order valence-electron chi connectivity index (χ4n) is 1.78. The second-order valence-electron chi connectivity index (χ2n) is 4.07. The lowest BCUT2D eigenvalue weighted by Gasteiger charge is -2.06. The quantitative estimate of drug-likeness (QED) is 0.762. The topological polar surface area (TPSA) is 75.9 Å². The number of thiophene rings is 1. The maximum Gasteiger partial charge on any atom is 0.225 e. The van der Waals surface area contributed by atoms with Gasteiger partial charge in [-0.05, 0) is 18.4 Å². The first-order valence-electron chi connectivity index (χ1n) is 5.85. The number of aromatic nitrogens is 3. The fourth-order valence-corrected chi connectivity index (χ4v) is 2.54. The number of nitrogens with zero attached hydrogens (tertiary/aromatic N) is 3. The number of fused-ring (bicyclic) bond motifs is 1. The molecule has 0 saturated carbocycles. The molecule has 0 fully saturated rings. The van der Waals surface area contributed by atoms with Crippen LogP contribution in [0, 0.1) is 6.92 Å². The number of aryl methyl sites for hydroxylation is 1. The van der Waals surface area contributed by atoms with Crippen molar-refractivity contribution in [1.29, 1.82) is 0 Å². The highest BCUT2D eigenvalue weighted by molar-refractivity contribution is 7.16. The molecule has 0 bridgehead atoms. The minimum Gasteiger partial charge on any atom is -0.364 e. The lowest BCUT2D eigenvalue weighted by atomic mass is 10.3. The van der Waals surface area contributed by atoms with Crippen LogP contribution in [-0.4, -0.2) is 22.2 Å². The van der Waals surface area contributed by atoms with Gasteiger partial charge >= 0.3 is 0 Å². The molecule has 0 aliphatic carbocycles. The van der Waals surface area contributed by atoms with Crippen LogP contribution in [0.15, 0.2) is 22.0 Å². The summed E-state index contributed by atoms with van der Waals surface area (Å²) in [4.78, 5) is 9.78. The van der Waals surface area contributed by atoms with Crippen molar-refractivity contribution in [2.45, 2.75) is 13.5 Å². The van der Waals surface area contributed by atoms with Crippen molar-refractivity contribution in [3.63, 3.8) is 0 Å². The summed E-state index contributed by atoms with van der Waals surface area (Å²) in [5.41, 5.74) is 0.852. The van der Waals surface area contributed by atoms with E-state index in [2.05, 4.69) is 25.8 Å². The predicted molar refractivity (Wildman–Crippen MR) is 75.5 cm³/mol. The molecule has 0 atom stereocenters. The fraction of sp³-hybridized carbons (Fsp3) is 0.250. The van der Waals surface area contributed by atoms with Gasteiger partial charge in [-0.25, -0.2) is 4.98 Å². The van der Waals surface area contributed by atoms with E-state index in [9.17, 15) is 0 Å². The molecule has 0 amide bonds. The van der Waals surface area contributed by atoms with E-state index >= 15 is 0 Å². The van der Waals surface area contributed by atoms with Gasteiger partial charge in [-0.3, -0.25) is 0 Å². The van der Waals surface area contributed by atoms with Crippen LogP contribution >= 0.6 is 11.3 Å². The summed E-state index contributed by atoms with van der Waals surface area (Å²) in [6.45, 7) is 2.44. The Bertz CT molecular complexity index is 705. The third kappa shape index (κ3) is 2.37. The Morgan fingerprint density at radius 3 is 3.00 bits per heavy atom. The first-order valence-corrected chi connectivity index (χ1v) is 6.73. The van der Waals surface area contributed by atoms with Crippen molar-refractivity contribution < 1.29 is 4.52 Å². The molecule has 0 aliphatic rings. The zero-order chi connectivity index (χ0) is 13.2. The minimum absolute atomic E-state index is 0.572. The largest absolute Gasteiger partial charge is 0.364 e. The van der Waals surface area contributed by atoms with E-state index in [0.29, 0.717) is 12.5 Å². The molecule has 0 unspecified atom stereocenters. The molecule has 0 spiro atoms. The third-order valence-corrected chi connectivity index (χ3v) is 3.47. The highest BCUT2D eigenvalue weighted by atomic mass is 32.1. The molecule has 0 saturated heterocycles. The minimum atomic E-state index is 0.572. The monoisotopic (exact) mass is 275 g/mol. The van der Waals surface area contributed by atoms with E-state index in [1.54, 1.807) is 18.4 Å². The van der Waals surface area contributed by atoms with Gasteiger partial charge in [0.2, 0.25) is 5.95 Å². The maximum atomic E-state index is 5.04. The lowest BCUT2D eigenvalue weighted by molar-refractivity contribution is 0.391. The molecule has 0 aromatic carbocycles. The Balaban J connectivity index is 1.88. The van der Waals surface area contributed by atoms with Crippen molar-refractivity contribution in [3.8, 4) is 0 Å². The van der Waals surface area contributed by atoms with Crippen molar-refractivity contribution in [2.24, 2.45) is 0 Å². The first-order chi connectivity index (χ1) is 9.26. The van der Waals surface area contributed by atoms with E-state index < -0.39 is 0 Å². The van der Waals surface area contributed by atoms with Gasteiger partial charge in [0, 0.05) is 13.1 Å². The summed E-state index contributed by atoms with van der Waals surface area (Å²) in [5.74, 6) is 2.21. The Hall–Kier alpha value is -2.15. The number of hydrogen-bond donors (Lipinski definition) is 2. The average Bonchev–Trinajstić information content (AvgIpc) is 3.04. The molecule has 0 aliphatic heterocycles. The van der Waals surface area contributed by atoms with E-state index in [4.69, 9.17) is 4.52 Å². The summed E-state index contributed by atoms with van der Waals surface area (Å²) in [6, 6.07) is 3.91. The average molecular weight is 275 g/mol. The van der Waals surface area contributed by atoms with Crippen LogP contribution in [0.1, 0.15) is 11.5 Å². The summed E-state index contributed by atoms with van der Waals surface area (Å²) < 4.78 is 5.04. The van der Waals surface area contributed by atoms with Crippen molar-refractivity contribution in [3.05, 3.63) is 29.0 Å². The van der Waals surface area contributed by atoms with Gasteiger partial charge in [-0.2, -0.15) is 4.98 Å². The van der Waals surface area contributed by atoms with Crippen LogP contribution in [-0.2, 0) is 6.54 Å². The molecule has 19 heavy (non-hydrogen) atoms. The lowest BCUT2D eigenvalue weighted by Crippen LogP contribution is -2.05. The van der Waals surface area contributed by atoms with E-state index in [1.165, 1.54) is 0 Å². The van der Waals surface area contributed by atoms with Gasteiger partial charge < -0.3 is 15.2 Å². The summed E-state index contributed by atoms with van der Waals surface area (Å²) in [5, 5.41) is 13.2. The first kappa shape index (κ1) is 11.9. The number of anilines is 2. The Labute approximate surface area is 113 Å². The number of nitrogens with one attached hydrogen (secondary N) is 2. The van der Waals surface area contributed by atoms with Gasteiger partial charge in [0.15, 0.2) is 0 Å². The van der Waals surface area contributed by atoms with Crippen molar-refractivity contribution in [1.82, 2.24) is 15.1 Å². The van der Waals surface area contributed by atoms with Crippen LogP contribution < -0.4 is 10.6 Å². The Morgan fingerprint density at radius 2 is 2.26 bits per heavy atom. The molecule has 3 aromatic heterocycles. The number of rotatable bonds is 4. The molecule has 3 aromatic rings. The van der Waals surface area contributed by atoms with Crippen molar-refractivity contribution in [2.75, 3.05) is 17.7 Å². The van der Waals surface area contributed by atoms with Crippen LogP contribution in [0.25, 0.3) is 10.2 Å². The molecule has 7 heteroatoms. The summed E-state index contributed by atoms with van der Waals surface area (Å²) in [7, 11) is 1.81. The summed E-state index contributed by atoms with van der Waals surface area (Å²) >= 11 is 1.59. The van der Waals surface area contributed by atoms with Gasteiger partial charge in [0.05, 0.1) is 11.9 Å². The summed E-state index contributed by atoms with van der Waals surface area (Å²) in [6.07, 6.45) is 0. The zero-order valence-corrected chi connectivity index (χ0v) is 11.4. The molecular formula is C12H13N5OS. The van der Waals surface area contributed by atoms with Gasteiger partial charge in [0.1, 0.15) is 22.1 Å². The van der Waals surface area contributed by atoms with Crippen LogP contribution in [0.3, 0.4) is 0 Å². The maximum absolute atomic E-state index is 5.04. The molecule has 2 N–H and O–H groups in total. The van der Waals surface area contributed by atoms with E-state index in [1.807, 2.05) is 24.4 Å². The third-order valence-electron chi connectivity index (χ3n) is 2.66. The standard InChI is InChI=1S/C12H13N5OS/c1-7-5-8(17-18-7)6-14-10-9-3-4-19-11(9)16-12(13-2)15-10/h3-5H,6H2,1-2H3,(H2,13,14,15,16). The van der Waals surface area contributed by atoms with Gasteiger partial charge in [-0.1, -0.05) is 5.16 Å². The Morgan fingerprint density at radius 1 is 1.37 bits per heavy atom. The highest BCUT2D eigenvalue weighted by Crippen LogP contribution is 2.26. The molecular weight excluding hydrogens is 262 g/mol. The van der Waals surface area contributed by atoms with E-state index in [-0.39, 0.29) is 0 Å². The molecule has 6 nitrogen and oxygen atoms in total.